The van der Waals surface area contributed by atoms with Gasteiger partial charge in [-0.2, -0.15) is 26.6 Å². The second kappa shape index (κ2) is 7.11. The van der Waals surface area contributed by atoms with Gasteiger partial charge in [-0.3, -0.25) is 15.4 Å². The van der Waals surface area contributed by atoms with E-state index in [0.717, 1.165) is 18.2 Å². The fourth-order valence-corrected chi connectivity index (χ4v) is 2.22. The molecule has 25 heavy (non-hydrogen) atoms. The zero-order chi connectivity index (χ0) is 18.7. The standard InChI is InChI=1S/C13H14F3N5O3S/c1-2-17-12-18-10(13(14,15)16)7-11(19-12)21-20-8-3-5-9(6-4-8)25(22,23)24/h3-7,20H,2H2,1H3,(H,22,23,24)(H2,17,18,19,21). The fraction of sp³-hybridized carbons (Fsp3) is 0.231. The van der Waals surface area contributed by atoms with Crippen molar-refractivity contribution in [3.8, 4) is 0 Å². The number of hydrogen-bond donors (Lipinski definition) is 4. The molecule has 8 nitrogen and oxygen atoms in total. The molecule has 12 heteroatoms. The molecule has 4 N–H and O–H groups in total. The van der Waals surface area contributed by atoms with Gasteiger partial charge in [0.2, 0.25) is 5.95 Å². The second-order valence-electron chi connectivity index (χ2n) is 4.74. The summed E-state index contributed by atoms with van der Waals surface area (Å²) in [4.78, 5) is 6.94. The van der Waals surface area contributed by atoms with E-state index in [2.05, 4.69) is 26.1 Å². The van der Waals surface area contributed by atoms with E-state index in [-0.39, 0.29) is 16.7 Å². The molecule has 0 saturated carbocycles. The van der Waals surface area contributed by atoms with Gasteiger partial charge in [-0.05, 0) is 31.2 Å². The van der Waals surface area contributed by atoms with Gasteiger partial charge in [-0.15, -0.1) is 0 Å². The monoisotopic (exact) mass is 377 g/mol. The van der Waals surface area contributed by atoms with Crippen LogP contribution in [0.4, 0.5) is 30.6 Å². The summed E-state index contributed by atoms with van der Waals surface area (Å²) < 4.78 is 69.3. The molecular formula is C13H14F3N5O3S. The van der Waals surface area contributed by atoms with E-state index in [9.17, 15) is 21.6 Å². The number of hydrogen-bond acceptors (Lipinski definition) is 7. The summed E-state index contributed by atoms with van der Waals surface area (Å²) in [5, 5.41) is 2.60. The summed E-state index contributed by atoms with van der Waals surface area (Å²) in [6.07, 6.45) is -4.64. The average molecular weight is 377 g/mol. The normalized spacial score (nSPS) is 11.9. The predicted molar refractivity (Wildman–Crippen MR) is 84.7 cm³/mol. The van der Waals surface area contributed by atoms with E-state index < -0.39 is 22.0 Å². The van der Waals surface area contributed by atoms with E-state index in [1.807, 2.05) is 0 Å². The molecule has 0 amide bonds. The van der Waals surface area contributed by atoms with Crippen molar-refractivity contribution in [2.75, 3.05) is 22.7 Å². The summed E-state index contributed by atoms with van der Waals surface area (Å²) in [5.41, 5.74) is 4.27. The summed E-state index contributed by atoms with van der Waals surface area (Å²) in [5.74, 6) is -0.333. The number of benzene rings is 1. The first-order valence-corrected chi connectivity index (χ1v) is 8.33. The summed E-state index contributed by atoms with van der Waals surface area (Å²) >= 11 is 0. The van der Waals surface area contributed by atoms with Crippen LogP contribution in [0, 0.1) is 0 Å². The van der Waals surface area contributed by atoms with Crippen LogP contribution in [-0.4, -0.2) is 29.5 Å². The van der Waals surface area contributed by atoms with Crippen molar-refractivity contribution in [1.29, 1.82) is 0 Å². The number of anilines is 3. The van der Waals surface area contributed by atoms with Gasteiger partial charge in [0.05, 0.1) is 10.6 Å². The topological polar surface area (TPSA) is 116 Å². The Bertz CT molecular complexity index is 841. The number of nitrogens with zero attached hydrogens (tertiary/aromatic N) is 2. The van der Waals surface area contributed by atoms with Crippen LogP contribution < -0.4 is 16.2 Å². The van der Waals surface area contributed by atoms with Gasteiger partial charge in [0.1, 0.15) is 0 Å². The molecule has 2 rings (SSSR count). The van der Waals surface area contributed by atoms with Gasteiger partial charge in [0.25, 0.3) is 10.1 Å². The zero-order valence-electron chi connectivity index (χ0n) is 12.8. The highest BCUT2D eigenvalue weighted by Crippen LogP contribution is 2.29. The van der Waals surface area contributed by atoms with E-state index >= 15 is 0 Å². The van der Waals surface area contributed by atoms with Crippen LogP contribution in [0.1, 0.15) is 12.6 Å². The van der Waals surface area contributed by atoms with Crippen LogP contribution in [0.5, 0.6) is 0 Å². The fourth-order valence-electron chi connectivity index (χ4n) is 1.74. The molecule has 0 fully saturated rings. The van der Waals surface area contributed by atoms with Crippen molar-refractivity contribution < 1.29 is 26.1 Å². The maximum absolute atomic E-state index is 12.9. The number of alkyl halides is 3. The van der Waals surface area contributed by atoms with Crippen LogP contribution >= 0.6 is 0 Å². The Labute approximate surface area is 141 Å². The molecule has 0 aliphatic carbocycles. The molecule has 0 spiro atoms. The van der Waals surface area contributed by atoms with Gasteiger partial charge in [-0.25, -0.2) is 4.98 Å². The maximum atomic E-state index is 12.9. The molecule has 136 valence electrons. The van der Waals surface area contributed by atoms with Crippen LogP contribution in [0.3, 0.4) is 0 Å². The highest BCUT2D eigenvalue weighted by atomic mass is 32.2. The van der Waals surface area contributed by atoms with E-state index in [4.69, 9.17) is 4.55 Å². The van der Waals surface area contributed by atoms with E-state index in [1.165, 1.54) is 12.1 Å². The lowest BCUT2D eigenvalue weighted by Gasteiger charge is -2.13. The molecule has 0 atom stereocenters. The first kappa shape index (κ1) is 18.7. The third kappa shape index (κ3) is 5.19. The van der Waals surface area contributed by atoms with Gasteiger partial charge < -0.3 is 5.32 Å². The maximum Gasteiger partial charge on any atom is 0.433 e. The average Bonchev–Trinajstić information content (AvgIpc) is 2.52. The third-order valence-electron chi connectivity index (χ3n) is 2.84. The number of aromatic nitrogens is 2. The summed E-state index contributed by atoms with van der Waals surface area (Å²) in [6, 6.07) is 5.61. The molecule has 2 aromatic rings. The smallest absolute Gasteiger partial charge is 0.354 e. The molecule has 0 aliphatic rings. The lowest BCUT2D eigenvalue weighted by molar-refractivity contribution is -0.141. The molecule has 1 aromatic carbocycles. The molecule has 0 saturated heterocycles. The zero-order valence-corrected chi connectivity index (χ0v) is 13.6. The van der Waals surface area contributed by atoms with Crippen LogP contribution in [0.2, 0.25) is 0 Å². The van der Waals surface area contributed by atoms with Gasteiger partial charge in [-0.1, -0.05) is 0 Å². The molecule has 1 heterocycles. The Morgan fingerprint density at radius 1 is 1.12 bits per heavy atom. The molecule has 0 unspecified atom stereocenters. The number of halogens is 3. The Morgan fingerprint density at radius 2 is 1.76 bits per heavy atom. The van der Waals surface area contributed by atoms with Crippen molar-refractivity contribution >= 4 is 27.6 Å². The number of hydrazine groups is 1. The van der Waals surface area contributed by atoms with Crippen molar-refractivity contribution in [2.45, 2.75) is 18.0 Å². The minimum absolute atomic E-state index is 0.142. The van der Waals surface area contributed by atoms with E-state index in [0.29, 0.717) is 12.2 Å². The first-order valence-electron chi connectivity index (χ1n) is 6.89. The Balaban J connectivity index is 2.18. The molecule has 1 aromatic heterocycles. The first-order chi connectivity index (χ1) is 11.6. The van der Waals surface area contributed by atoms with Gasteiger partial charge in [0, 0.05) is 12.6 Å². The summed E-state index contributed by atoms with van der Waals surface area (Å²) in [7, 11) is -4.32. The number of rotatable bonds is 6. The quantitative estimate of drug-likeness (QED) is 0.448. The highest BCUT2D eigenvalue weighted by molar-refractivity contribution is 7.85. The minimum atomic E-state index is -4.64. The van der Waals surface area contributed by atoms with Crippen LogP contribution in [0.15, 0.2) is 35.2 Å². The van der Waals surface area contributed by atoms with Crippen molar-refractivity contribution in [1.82, 2.24) is 9.97 Å². The van der Waals surface area contributed by atoms with Crippen molar-refractivity contribution in [2.24, 2.45) is 0 Å². The predicted octanol–water partition coefficient (Wildman–Crippen LogP) is 2.61. The lowest BCUT2D eigenvalue weighted by atomic mass is 10.3. The SMILES string of the molecule is CCNc1nc(NNc2ccc(S(=O)(=O)O)cc2)cc(C(F)(F)F)n1. The van der Waals surface area contributed by atoms with E-state index in [1.54, 1.807) is 6.92 Å². The minimum Gasteiger partial charge on any atom is -0.354 e. The van der Waals surface area contributed by atoms with Crippen molar-refractivity contribution in [3.63, 3.8) is 0 Å². The molecule has 0 radical (unpaired) electrons. The van der Waals surface area contributed by atoms with Gasteiger partial charge in [0.15, 0.2) is 11.5 Å². The molecule has 0 bridgehead atoms. The van der Waals surface area contributed by atoms with Gasteiger partial charge >= 0.3 is 6.18 Å². The van der Waals surface area contributed by atoms with Crippen LogP contribution in [-0.2, 0) is 16.3 Å². The Morgan fingerprint density at radius 3 is 2.28 bits per heavy atom. The highest BCUT2D eigenvalue weighted by Gasteiger charge is 2.33. The van der Waals surface area contributed by atoms with Crippen LogP contribution in [0.25, 0.3) is 0 Å². The summed E-state index contributed by atoms with van der Waals surface area (Å²) in [6.45, 7) is 2.02. The third-order valence-corrected chi connectivity index (χ3v) is 3.71. The second-order valence-corrected chi connectivity index (χ2v) is 6.16. The number of nitrogens with one attached hydrogen (secondary N) is 3. The Hall–Kier alpha value is -2.60. The largest absolute Gasteiger partial charge is 0.433 e. The lowest BCUT2D eigenvalue weighted by Crippen LogP contribution is -2.16. The molecule has 0 aliphatic heterocycles. The van der Waals surface area contributed by atoms with Crippen molar-refractivity contribution in [3.05, 3.63) is 36.0 Å². The molecular weight excluding hydrogens is 363 g/mol. The Kier molecular flexibility index (Phi) is 5.33.